The molecule has 2 aromatic carbocycles. The average Bonchev–Trinajstić information content (AvgIpc) is 2.41. The molecule has 0 unspecified atom stereocenters. The number of hydrogen-bond donors (Lipinski definition) is 0. The highest BCUT2D eigenvalue weighted by Gasteiger charge is 2.27. The van der Waals surface area contributed by atoms with Crippen LogP contribution >= 0.6 is 15.9 Å². The third-order valence-corrected chi connectivity index (χ3v) is 4.40. The maximum absolute atomic E-state index is 13.2. The van der Waals surface area contributed by atoms with E-state index in [1.54, 1.807) is 0 Å². The SMILES string of the molecule is CS(=O)(=O)c1cccc(Oc2ccc(F)c(Br)c2)c1[N+](=O)[O-]. The molecule has 0 N–H and O–H groups in total. The van der Waals surface area contributed by atoms with Crippen molar-refractivity contribution in [2.75, 3.05) is 6.26 Å². The number of ether oxygens (including phenoxy) is 1. The van der Waals surface area contributed by atoms with Crippen LogP contribution in [0.4, 0.5) is 10.1 Å². The van der Waals surface area contributed by atoms with E-state index in [4.69, 9.17) is 4.74 Å². The Morgan fingerprint density at radius 2 is 1.95 bits per heavy atom. The van der Waals surface area contributed by atoms with Gasteiger partial charge in [0.15, 0.2) is 9.84 Å². The number of rotatable bonds is 4. The lowest BCUT2D eigenvalue weighted by atomic mass is 10.3. The van der Waals surface area contributed by atoms with Gasteiger partial charge < -0.3 is 4.74 Å². The number of nitrogens with zero attached hydrogens (tertiary/aromatic N) is 1. The average molecular weight is 390 g/mol. The van der Waals surface area contributed by atoms with E-state index in [9.17, 15) is 22.9 Å². The number of benzene rings is 2. The van der Waals surface area contributed by atoms with Crippen LogP contribution in [0.2, 0.25) is 0 Å². The molecule has 0 atom stereocenters. The van der Waals surface area contributed by atoms with Gasteiger partial charge in [-0.2, -0.15) is 0 Å². The van der Waals surface area contributed by atoms with E-state index in [0.717, 1.165) is 18.4 Å². The quantitative estimate of drug-likeness (QED) is 0.587. The topological polar surface area (TPSA) is 86.5 Å². The molecule has 0 aliphatic carbocycles. The predicted octanol–water partition coefficient (Wildman–Crippen LogP) is 3.69. The standard InChI is InChI=1S/C13H9BrFNO5S/c1-22(19,20)12-4-2-3-11(13(12)16(17)18)21-8-5-6-10(15)9(14)7-8/h2-7H,1H3. The summed E-state index contributed by atoms with van der Waals surface area (Å²) in [5, 5.41) is 11.2. The number of hydrogen-bond acceptors (Lipinski definition) is 5. The fraction of sp³-hybridized carbons (Fsp3) is 0.0769. The van der Waals surface area contributed by atoms with Crippen molar-refractivity contribution in [1.82, 2.24) is 0 Å². The number of nitro benzene ring substituents is 1. The molecule has 0 aromatic heterocycles. The second-order valence-electron chi connectivity index (χ2n) is 4.31. The van der Waals surface area contributed by atoms with Crippen LogP contribution in [-0.2, 0) is 9.84 Å². The van der Waals surface area contributed by atoms with Crippen LogP contribution in [0.15, 0.2) is 45.8 Å². The van der Waals surface area contributed by atoms with Crippen molar-refractivity contribution >= 4 is 31.5 Å². The summed E-state index contributed by atoms with van der Waals surface area (Å²) in [6, 6.07) is 7.40. The van der Waals surface area contributed by atoms with Gasteiger partial charge in [0.2, 0.25) is 5.75 Å². The van der Waals surface area contributed by atoms with Crippen molar-refractivity contribution in [3.8, 4) is 11.5 Å². The Morgan fingerprint density at radius 1 is 1.27 bits per heavy atom. The maximum atomic E-state index is 13.2. The molecule has 6 nitrogen and oxygen atoms in total. The van der Waals surface area contributed by atoms with Crippen molar-refractivity contribution in [2.24, 2.45) is 0 Å². The summed E-state index contributed by atoms with van der Waals surface area (Å²) in [6.07, 6.45) is 0.869. The summed E-state index contributed by atoms with van der Waals surface area (Å²) >= 11 is 2.97. The molecule has 22 heavy (non-hydrogen) atoms. The zero-order valence-electron chi connectivity index (χ0n) is 11.1. The van der Waals surface area contributed by atoms with E-state index in [-0.39, 0.29) is 16.0 Å². The monoisotopic (exact) mass is 389 g/mol. The van der Waals surface area contributed by atoms with Gasteiger partial charge in [0.1, 0.15) is 16.5 Å². The third kappa shape index (κ3) is 3.42. The van der Waals surface area contributed by atoms with Crippen LogP contribution in [0, 0.1) is 15.9 Å². The number of nitro groups is 1. The lowest BCUT2D eigenvalue weighted by Crippen LogP contribution is -2.04. The predicted molar refractivity (Wildman–Crippen MR) is 80.4 cm³/mol. The van der Waals surface area contributed by atoms with Crippen LogP contribution < -0.4 is 4.74 Å². The summed E-state index contributed by atoms with van der Waals surface area (Å²) in [6.45, 7) is 0. The molecule has 2 rings (SSSR count). The summed E-state index contributed by atoms with van der Waals surface area (Å²) in [7, 11) is -3.80. The lowest BCUT2D eigenvalue weighted by molar-refractivity contribution is -0.388. The van der Waals surface area contributed by atoms with Crippen LogP contribution in [0.5, 0.6) is 11.5 Å². The normalized spacial score (nSPS) is 11.2. The van der Waals surface area contributed by atoms with Gasteiger partial charge in [-0.3, -0.25) is 10.1 Å². The third-order valence-electron chi connectivity index (χ3n) is 2.66. The highest BCUT2D eigenvalue weighted by atomic mass is 79.9. The second-order valence-corrected chi connectivity index (χ2v) is 7.15. The van der Waals surface area contributed by atoms with Gasteiger partial charge in [0.25, 0.3) is 0 Å². The number of sulfone groups is 1. The van der Waals surface area contributed by atoms with Gasteiger partial charge in [-0.25, -0.2) is 12.8 Å². The second kappa shape index (κ2) is 6.01. The van der Waals surface area contributed by atoms with Gasteiger partial charge in [0.05, 0.1) is 9.40 Å². The molecule has 0 aliphatic heterocycles. The van der Waals surface area contributed by atoms with Crippen LogP contribution in [0.25, 0.3) is 0 Å². The Balaban J connectivity index is 2.56. The van der Waals surface area contributed by atoms with Crippen LogP contribution in [0.1, 0.15) is 0 Å². The summed E-state index contributed by atoms with van der Waals surface area (Å²) < 4.78 is 41.9. The molecule has 116 valence electrons. The Kier molecular flexibility index (Phi) is 4.47. The van der Waals surface area contributed by atoms with E-state index in [0.29, 0.717) is 0 Å². The van der Waals surface area contributed by atoms with E-state index in [1.165, 1.54) is 24.3 Å². The first-order valence-electron chi connectivity index (χ1n) is 5.80. The van der Waals surface area contributed by atoms with Gasteiger partial charge in [-0.05, 0) is 46.3 Å². The summed E-state index contributed by atoms with van der Waals surface area (Å²) in [5.74, 6) is -0.639. The molecule has 9 heteroatoms. The minimum atomic E-state index is -3.80. The van der Waals surface area contributed by atoms with Crippen LogP contribution in [0.3, 0.4) is 0 Å². The molecule has 0 radical (unpaired) electrons. The van der Waals surface area contributed by atoms with Crippen molar-refractivity contribution in [3.05, 3.63) is 56.8 Å². The van der Waals surface area contributed by atoms with Gasteiger partial charge in [-0.1, -0.05) is 6.07 Å². The van der Waals surface area contributed by atoms with Crippen molar-refractivity contribution < 1.29 is 22.5 Å². The lowest BCUT2D eigenvalue weighted by Gasteiger charge is -2.09. The molecule has 0 bridgehead atoms. The zero-order valence-corrected chi connectivity index (χ0v) is 13.5. The fourth-order valence-electron chi connectivity index (χ4n) is 1.73. The van der Waals surface area contributed by atoms with Gasteiger partial charge in [0, 0.05) is 6.26 Å². The maximum Gasteiger partial charge on any atom is 0.330 e. The fourth-order valence-corrected chi connectivity index (χ4v) is 2.94. The van der Waals surface area contributed by atoms with E-state index >= 15 is 0 Å². The first kappa shape index (κ1) is 16.4. The smallest absolute Gasteiger partial charge is 0.330 e. The molecule has 0 saturated heterocycles. The van der Waals surface area contributed by atoms with Crippen LogP contribution in [-0.4, -0.2) is 19.6 Å². The largest absolute Gasteiger partial charge is 0.450 e. The zero-order chi connectivity index (χ0) is 16.5. The first-order valence-corrected chi connectivity index (χ1v) is 8.49. The molecule has 0 amide bonds. The minimum Gasteiger partial charge on any atom is -0.450 e. The van der Waals surface area contributed by atoms with Crippen molar-refractivity contribution in [1.29, 1.82) is 0 Å². The van der Waals surface area contributed by atoms with E-state index in [2.05, 4.69) is 15.9 Å². The van der Waals surface area contributed by atoms with E-state index in [1.807, 2.05) is 0 Å². The Morgan fingerprint density at radius 3 is 2.50 bits per heavy atom. The Labute approximate surface area is 133 Å². The highest BCUT2D eigenvalue weighted by molar-refractivity contribution is 9.10. The van der Waals surface area contributed by atoms with E-state index < -0.39 is 31.2 Å². The highest BCUT2D eigenvalue weighted by Crippen LogP contribution is 2.37. The summed E-state index contributed by atoms with van der Waals surface area (Å²) in [5.41, 5.74) is -0.662. The number of halogens is 2. The summed E-state index contributed by atoms with van der Waals surface area (Å²) in [4.78, 5) is 9.92. The molecule has 0 saturated carbocycles. The number of para-hydroxylation sites is 1. The Bertz CT molecular complexity index is 854. The molecule has 0 spiro atoms. The van der Waals surface area contributed by atoms with Gasteiger partial charge in [-0.15, -0.1) is 0 Å². The molecule has 0 heterocycles. The Hall–Kier alpha value is -2.00. The van der Waals surface area contributed by atoms with Crippen molar-refractivity contribution in [2.45, 2.75) is 4.90 Å². The minimum absolute atomic E-state index is 0.118. The van der Waals surface area contributed by atoms with Gasteiger partial charge >= 0.3 is 5.69 Å². The molecule has 0 aliphatic rings. The first-order chi connectivity index (χ1) is 10.2. The molecular formula is C13H9BrFNO5S. The van der Waals surface area contributed by atoms with Crippen molar-refractivity contribution in [3.63, 3.8) is 0 Å². The molecule has 0 fully saturated rings. The molecular weight excluding hydrogens is 381 g/mol. The molecule has 2 aromatic rings.